The highest BCUT2D eigenvalue weighted by Crippen LogP contribution is 2.43. The molecular formula is C25H27NO3S. The molecule has 0 radical (unpaired) electrons. The quantitative estimate of drug-likeness (QED) is 0.584. The Kier molecular flexibility index (Phi) is 6.32. The predicted octanol–water partition coefficient (Wildman–Crippen LogP) is 4.58. The van der Waals surface area contributed by atoms with E-state index in [1.54, 1.807) is 24.3 Å². The van der Waals surface area contributed by atoms with Crippen molar-refractivity contribution in [3.63, 3.8) is 0 Å². The van der Waals surface area contributed by atoms with E-state index in [0.717, 1.165) is 16.7 Å². The average Bonchev–Trinajstić information content (AvgIpc) is 2.80. The molecule has 2 unspecified atom stereocenters. The van der Waals surface area contributed by atoms with E-state index < -0.39 is 15.1 Å². The van der Waals surface area contributed by atoms with Crippen molar-refractivity contribution in [3.8, 4) is 0 Å². The molecule has 0 amide bonds. The fraction of sp³-hybridized carbons (Fsp3) is 0.280. The molecule has 30 heavy (non-hydrogen) atoms. The SMILES string of the molecule is Cc1ccc(C(C(c2ccccc2)S(=O)(=O)c2ccccc2)N2CCOCC2)cc1. The van der Waals surface area contributed by atoms with Gasteiger partial charge < -0.3 is 4.74 Å². The maximum atomic E-state index is 14.0. The lowest BCUT2D eigenvalue weighted by molar-refractivity contribution is 0.0149. The van der Waals surface area contributed by atoms with Crippen molar-refractivity contribution in [1.29, 1.82) is 0 Å². The summed E-state index contributed by atoms with van der Waals surface area (Å²) < 4.78 is 33.6. The molecule has 1 fully saturated rings. The van der Waals surface area contributed by atoms with Crippen molar-refractivity contribution in [2.24, 2.45) is 0 Å². The number of sulfone groups is 1. The summed E-state index contributed by atoms with van der Waals surface area (Å²) in [5.74, 6) is 0. The molecule has 0 N–H and O–H groups in total. The van der Waals surface area contributed by atoms with Gasteiger partial charge in [0, 0.05) is 13.1 Å². The van der Waals surface area contributed by atoms with Crippen LogP contribution in [0.3, 0.4) is 0 Å². The van der Waals surface area contributed by atoms with Gasteiger partial charge in [-0.2, -0.15) is 0 Å². The van der Waals surface area contributed by atoms with Crippen molar-refractivity contribution >= 4 is 9.84 Å². The smallest absolute Gasteiger partial charge is 0.187 e. The molecule has 1 heterocycles. The van der Waals surface area contributed by atoms with Crippen LogP contribution >= 0.6 is 0 Å². The molecule has 0 bridgehead atoms. The Labute approximate surface area is 179 Å². The van der Waals surface area contributed by atoms with Crippen LogP contribution in [0.15, 0.2) is 89.8 Å². The minimum atomic E-state index is -3.64. The highest BCUT2D eigenvalue weighted by Gasteiger charge is 2.40. The molecule has 0 saturated carbocycles. The highest BCUT2D eigenvalue weighted by molar-refractivity contribution is 7.91. The maximum absolute atomic E-state index is 14.0. The molecular weight excluding hydrogens is 394 g/mol. The second kappa shape index (κ2) is 9.13. The number of ether oxygens (including phenoxy) is 1. The van der Waals surface area contributed by atoms with E-state index in [2.05, 4.69) is 29.2 Å². The van der Waals surface area contributed by atoms with Gasteiger partial charge >= 0.3 is 0 Å². The number of hydrogen-bond acceptors (Lipinski definition) is 4. The average molecular weight is 422 g/mol. The first-order chi connectivity index (χ1) is 14.6. The van der Waals surface area contributed by atoms with Crippen LogP contribution in [0.5, 0.6) is 0 Å². The molecule has 5 heteroatoms. The number of benzene rings is 3. The van der Waals surface area contributed by atoms with Crippen LogP contribution in [0.2, 0.25) is 0 Å². The van der Waals surface area contributed by atoms with E-state index in [4.69, 9.17) is 4.74 Å². The van der Waals surface area contributed by atoms with Crippen molar-refractivity contribution in [3.05, 3.63) is 102 Å². The first-order valence-corrected chi connectivity index (χ1v) is 11.8. The summed E-state index contributed by atoms with van der Waals surface area (Å²) in [5, 5.41) is -0.720. The lowest BCUT2D eigenvalue weighted by Crippen LogP contribution is -2.43. The van der Waals surface area contributed by atoms with Gasteiger partial charge in [-0.1, -0.05) is 78.4 Å². The van der Waals surface area contributed by atoms with Crippen LogP contribution in [0.4, 0.5) is 0 Å². The zero-order chi connectivity index (χ0) is 21.0. The summed E-state index contributed by atoms with van der Waals surface area (Å²) in [7, 11) is -3.64. The van der Waals surface area contributed by atoms with E-state index in [9.17, 15) is 8.42 Å². The van der Waals surface area contributed by atoms with Crippen LogP contribution in [0.25, 0.3) is 0 Å². The molecule has 4 nitrogen and oxygen atoms in total. The number of nitrogens with zero attached hydrogens (tertiary/aromatic N) is 1. The number of morpholine rings is 1. The molecule has 0 aliphatic carbocycles. The van der Waals surface area contributed by atoms with Crippen molar-refractivity contribution in [2.75, 3.05) is 26.3 Å². The third-order valence-electron chi connectivity index (χ3n) is 5.68. The van der Waals surface area contributed by atoms with Crippen LogP contribution in [-0.4, -0.2) is 39.6 Å². The predicted molar refractivity (Wildman–Crippen MR) is 119 cm³/mol. The molecule has 3 aromatic rings. The number of aryl methyl sites for hydroxylation is 1. The highest BCUT2D eigenvalue weighted by atomic mass is 32.2. The van der Waals surface area contributed by atoms with Gasteiger partial charge in [-0.3, -0.25) is 4.90 Å². The maximum Gasteiger partial charge on any atom is 0.187 e. The van der Waals surface area contributed by atoms with E-state index in [1.165, 1.54) is 0 Å². The number of hydrogen-bond donors (Lipinski definition) is 0. The summed E-state index contributed by atoms with van der Waals surface area (Å²) in [6.45, 7) is 4.66. The molecule has 1 saturated heterocycles. The molecule has 0 spiro atoms. The first kappa shape index (κ1) is 20.8. The standard InChI is InChI=1S/C25H27NO3S/c1-20-12-14-21(15-13-20)24(26-16-18-29-19-17-26)25(22-8-4-2-5-9-22)30(27,28)23-10-6-3-7-11-23/h2-15,24-25H,16-19H2,1H3. The van der Waals surface area contributed by atoms with Gasteiger partial charge in [-0.25, -0.2) is 8.42 Å². The lowest BCUT2D eigenvalue weighted by atomic mass is 9.95. The molecule has 1 aliphatic rings. The number of rotatable bonds is 6. The summed E-state index contributed by atoms with van der Waals surface area (Å²) in [6, 6.07) is 26.3. The zero-order valence-corrected chi connectivity index (χ0v) is 18.0. The second-order valence-electron chi connectivity index (χ2n) is 7.69. The topological polar surface area (TPSA) is 46.6 Å². The van der Waals surface area contributed by atoms with Gasteiger partial charge in [0.05, 0.1) is 24.2 Å². The molecule has 2 atom stereocenters. The third kappa shape index (κ3) is 4.33. The lowest BCUT2D eigenvalue weighted by Gasteiger charge is -2.39. The van der Waals surface area contributed by atoms with Crippen LogP contribution in [-0.2, 0) is 14.6 Å². The van der Waals surface area contributed by atoms with Gasteiger partial charge in [-0.05, 0) is 30.2 Å². The van der Waals surface area contributed by atoms with E-state index in [1.807, 2.05) is 43.3 Å². The van der Waals surface area contributed by atoms with Crippen LogP contribution in [0, 0.1) is 6.92 Å². The Hall–Kier alpha value is -2.47. The Morgan fingerprint density at radius 2 is 1.33 bits per heavy atom. The summed E-state index contributed by atoms with van der Waals surface area (Å²) >= 11 is 0. The fourth-order valence-corrected chi connectivity index (χ4v) is 6.14. The van der Waals surface area contributed by atoms with Gasteiger partial charge in [0.1, 0.15) is 5.25 Å². The molecule has 3 aromatic carbocycles. The Morgan fingerprint density at radius 3 is 1.93 bits per heavy atom. The van der Waals surface area contributed by atoms with Gasteiger partial charge in [-0.15, -0.1) is 0 Å². The normalized spacial score (nSPS) is 17.4. The fourth-order valence-electron chi connectivity index (χ4n) is 4.13. The summed E-state index contributed by atoms with van der Waals surface area (Å²) in [4.78, 5) is 2.61. The van der Waals surface area contributed by atoms with Crippen LogP contribution < -0.4 is 0 Å². The Bertz CT molecular complexity index is 1040. The zero-order valence-electron chi connectivity index (χ0n) is 17.1. The molecule has 0 aromatic heterocycles. The minimum Gasteiger partial charge on any atom is -0.379 e. The molecule has 4 rings (SSSR count). The van der Waals surface area contributed by atoms with Gasteiger partial charge in [0.15, 0.2) is 9.84 Å². The largest absolute Gasteiger partial charge is 0.379 e. The minimum absolute atomic E-state index is 0.304. The molecule has 156 valence electrons. The summed E-state index contributed by atoms with van der Waals surface area (Å²) in [6.07, 6.45) is 0. The van der Waals surface area contributed by atoms with E-state index in [0.29, 0.717) is 31.2 Å². The van der Waals surface area contributed by atoms with Gasteiger partial charge in [0.25, 0.3) is 0 Å². The second-order valence-corrected chi connectivity index (χ2v) is 9.76. The molecule has 1 aliphatic heterocycles. The third-order valence-corrected chi connectivity index (χ3v) is 7.81. The van der Waals surface area contributed by atoms with Gasteiger partial charge in [0.2, 0.25) is 0 Å². The van der Waals surface area contributed by atoms with Crippen molar-refractivity contribution in [2.45, 2.75) is 23.1 Å². The van der Waals surface area contributed by atoms with E-state index in [-0.39, 0.29) is 6.04 Å². The Balaban J connectivity index is 1.90. The Morgan fingerprint density at radius 1 is 0.767 bits per heavy atom. The van der Waals surface area contributed by atoms with E-state index >= 15 is 0 Å². The first-order valence-electron chi connectivity index (χ1n) is 10.3. The van der Waals surface area contributed by atoms with Crippen molar-refractivity contribution in [1.82, 2.24) is 4.90 Å². The van der Waals surface area contributed by atoms with Crippen molar-refractivity contribution < 1.29 is 13.2 Å². The summed E-state index contributed by atoms with van der Waals surface area (Å²) in [5.41, 5.74) is 2.97. The monoisotopic (exact) mass is 421 g/mol. The van der Waals surface area contributed by atoms with Crippen LogP contribution in [0.1, 0.15) is 28.0 Å².